The molecule has 4 rings (SSSR count). The molecule has 1 aliphatic heterocycles. The smallest absolute Gasteiger partial charge is 0.332 e. The molecule has 0 N–H and O–H groups in total. The van der Waals surface area contributed by atoms with Gasteiger partial charge in [0.05, 0.1) is 25.9 Å². The summed E-state index contributed by atoms with van der Waals surface area (Å²) in [5.41, 5.74) is 0.963. The Kier molecular flexibility index (Phi) is 4.91. The van der Waals surface area contributed by atoms with Crippen LogP contribution in [0.4, 0.5) is 11.6 Å². The van der Waals surface area contributed by atoms with E-state index in [0.29, 0.717) is 23.7 Å². The fourth-order valence-electron chi connectivity index (χ4n) is 3.94. The molecule has 0 saturated heterocycles. The molecule has 3 heterocycles. The van der Waals surface area contributed by atoms with Gasteiger partial charge in [-0.2, -0.15) is 4.98 Å². The fourth-order valence-corrected chi connectivity index (χ4v) is 3.94. The first-order chi connectivity index (χ1) is 14.0. The Balaban J connectivity index is 1.99. The van der Waals surface area contributed by atoms with Crippen LogP contribution in [-0.4, -0.2) is 46.1 Å². The molecule has 0 bridgehead atoms. The Labute approximate surface area is 167 Å². The molecule has 0 amide bonds. The van der Waals surface area contributed by atoms with Crippen LogP contribution in [0.1, 0.15) is 6.92 Å². The molecule has 0 fully saturated rings. The number of ether oxygens (including phenoxy) is 2. The van der Waals surface area contributed by atoms with Crippen LogP contribution in [-0.2, 0) is 24.9 Å². The van der Waals surface area contributed by atoms with E-state index in [1.54, 1.807) is 21.3 Å². The monoisotopic (exact) mass is 399 g/mol. The Morgan fingerprint density at radius 1 is 1.17 bits per heavy atom. The van der Waals surface area contributed by atoms with Crippen molar-refractivity contribution in [3.63, 3.8) is 0 Å². The third-order valence-corrected chi connectivity index (χ3v) is 5.34. The Bertz CT molecular complexity index is 1180. The number of hydrogen-bond acceptors (Lipinski definition) is 6. The van der Waals surface area contributed by atoms with Gasteiger partial charge in [-0.1, -0.05) is 19.1 Å². The summed E-state index contributed by atoms with van der Waals surface area (Å²) in [5.74, 6) is 1.64. The molecule has 1 aromatic carbocycles. The molecule has 3 aromatic rings. The lowest BCUT2D eigenvalue weighted by atomic mass is 10.1. The molecule has 29 heavy (non-hydrogen) atoms. The third-order valence-electron chi connectivity index (χ3n) is 5.34. The zero-order valence-corrected chi connectivity index (χ0v) is 17.1. The number of benzene rings is 1. The average molecular weight is 399 g/mol. The van der Waals surface area contributed by atoms with Crippen LogP contribution in [0.25, 0.3) is 11.2 Å². The maximum atomic E-state index is 13.2. The molecule has 1 aliphatic rings. The molecular formula is C20H25N5O4. The second kappa shape index (κ2) is 7.40. The van der Waals surface area contributed by atoms with Gasteiger partial charge in [0.15, 0.2) is 11.2 Å². The second-order valence-corrected chi connectivity index (χ2v) is 7.37. The number of aryl methyl sites for hydroxylation is 1. The SMILES string of the molecule is COCCn1c(=O)c2c(nc3n2CC(C)CN3c2ccccc2OC)n(C)c1=O. The largest absolute Gasteiger partial charge is 0.495 e. The van der Waals surface area contributed by atoms with Crippen molar-refractivity contribution in [3.8, 4) is 5.75 Å². The van der Waals surface area contributed by atoms with Gasteiger partial charge in [-0.25, -0.2) is 4.79 Å². The zero-order chi connectivity index (χ0) is 20.7. The number of imidazole rings is 1. The van der Waals surface area contributed by atoms with Crippen LogP contribution >= 0.6 is 0 Å². The van der Waals surface area contributed by atoms with Crippen molar-refractivity contribution in [2.24, 2.45) is 13.0 Å². The second-order valence-electron chi connectivity index (χ2n) is 7.37. The molecule has 0 radical (unpaired) electrons. The van der Waals surface area contributed by atoms with E-state index in [2.05, 4.69) is 11.8 Å². The van der Waals surface area contributed by atoms with Crippen molar-refractivity contribution in [1.29, 1.82) is 0 Å². The molecule has 9 nitrogen and oxygen atoms in total. The molecule has 0 aliphatic carbocycles. The Morgan fingerprint density at radius 3 is 2.66 bits per heavy atom. The normalized spacial score (nSPS) is 16.3. The standard InChI is InChI=1S/C20H25N5O4/c1-13-11-24(14-7-5-6-8-15(14)29-4)19-21-17-16(25(19)12-13)18(26)23(9-10-28-3)20(27)22(17)2/h5-8,13H,9-12H2,1-4H3. The number of rotatable bonds is 5. The van der Waals surface area contributed by atoms with Crippen molar-refractivity contribution in [2.45, 2.75) is 20.0 Å². The number of fused-ring (bicyclic) bond motifs is 3. The summed E-state index contributed by atoms with van der Waals surface area (Å²) in [4.78, 5) is 32.7. The van der Waals surface area contributed by atoms with Crippen LogP contribution < -0.4 is 20.9 Å². The number of para-hydroxylation sites is 2. The number of hydrogen-bond donors (Lipinski definition) is 0. The van der Waals surface area contributed by atoms with Crippen molar-refractivity contribution in [1.82, 2.24) is 18.7 Å². The number of methoxy groups -OCH3 is 2. The van der Waals surface area contributed by atoms with Gasteiger partial charge in [-0.15, -0.1) is 0 Å². The quantitative estimate of drug-likeness (QED) is 0.644. The van der Waals surface area contributed by atoms with E-state index < -0.39 is 5.69 Å². The lowest BCUT2D eigenvalue weighted by molar-refractivity contribution is 0.184. The average Bonchev–Trinajstić information content (AvgIpc) is 3.11. The molecule has 1 unspecified atom stereocenters. The van der Waals surface area contributed by atoms with E-state index in [1.165, 1.54) is 9.13 Å². The highest BCUT2D eigenvalue weighted by molar-refractivity contribution is 5.78. The lowest BCUT2D eigenvalue weighted by Crippen LogP contribution is -2.41. The Morgan fingerprint density at radius 2 is 1.93 bits per heavy atom. The van der Waals surface area contributed by atoms with Crippen LogP contribution in [0.15, 0.2) is 33.9 Å². The molecule has 0 spiro atoms. The molecule has 0 saturated carbocycles. The van der Waals surface area contributed by atoms with Gasteiger partial charge in [-0.05, 0) is 18.1 Å². The summed E-state index contributed by atoms with van der Waals surface area (Å²) < 4.78 is 15.2. The van der Waals surface area contributed by atoms with Gasteiger partial charge in [0.25, 0.3) is 5.56 Å². The van der Waals surface area contributed by atoms with Gasteiger partial charge in [0.2, 0.25) is 5.95 Å². The topological polar surface area (TPSA) is 83.5 Å². The minimum Gasteiger partial charge on any atom is -0.495 e. The number of aromatic nitrogens is 4. The van der Waals surface area contributed by atoms with E-state index in [4.69, 9.17) is 14.5 Å². The highest BCUT2D eigenvalue weighted by Gasteiger charge is 2.30. The first kappa shape index (κ1) is 19.3. The predicted molar refractivity (Wildman–Crippen MR) is 110 cm³/mol. The summed E-state index contributed by atoms with van der Waals surface area (Å²) in [6.45, 7) is 3.99. The van der Waals surface area contributed by atoms with Crippen LogP contribution in [0.2, 0.25) is 0 Å². The van der Waals surface area contributed by atoms with Crippen LogP contribution in [0, 0.1) is 5.92 Å². The van der Waals surface area contributed by atoms with E-state index in [0.717, 1.165) is 18.0 Å². The maximum absolute atomic E-state index is 13.2. The first-order valence-electron chi connectivity index (χ1n) is 9.57. The molecule has 1 atom stereocenters. The summed E-state index contributed by atoms with van der Waals surface area (Å²) >= 11 is 0. The fraction of sp³-hybridized carbons (Fsp3) is 0.450. The van der Waals surface area contributed by atoms with Crippen molar-refractivity contribution in [2.75, 3.05) is 32.3 Å². The van der Waals surface area contributed by atoms with E-state index in [9.17, 15) is 9.59 Å². The number of anilines is 2. The van der Waals surface area contributed by atoms with Crippen molar-refractivity contribution in [3.05, 3.63) is 45.1 Å². The summed E-state index contributed by atoms with van der Waals surface area (Å²) in [7, 11) is 4.82. The van der Waals surface area contributed by atoms with Gasteiger partial charge in [0.1, 0.15) is 5.75 Å². The Hall–Kier alpha value is -3.07. The predicted octanol–water partition coefficient (Wildman–Crippen LogP) is 1.34. The van der Waals surface area contributed by atoms with Gasteiger partial charge in [-0.3, -0.25) is 13.9 Å². The third kappa shape index (κ3) is 3.02. The van der Waals surface area contributed by atoms with Gasteiger partial charge < -0.3 is 18.9 Å². The molecule has 154 valence electrons. The zero-order valence-electron chi connectivity index (χ0n) is 17.1. The number of nitrogens with zero attached hydrogens (tertiary/aromatic N) is 5. The van der Waals surface area contributed by atoms with Crippen LogP contribution in [0.3, 0.4) is 0 Å². The molecule has 9 heteroatoms. The van der Waals surface area contributed by atoms with Crippen molar-refractivity contribution < 1.29 is 9.47 Å². The van der Waals surface area contributed by atoms with E-state index in [1.807, 2.05) is 28.8 Å². The minimum absolute atomic E-state index is 0.199. The van der Waals surface area contributed by atoms with E-state index >= 15 is 0 Å². The summed E-state index contributed by atoms with van der Waals surface area (Å²) in [5, 5.41) is 0. The maximum Gasteiger partial charge on any atom is 0.332 e. The van der Waals surface area contributed by atoms with E-state index in [-0.39, 0.29) is 24.6 Å². The summed E-state index contributed by atoms with van der Waals surface area (Å²) in [6, 6.07) is 7.72. The van der Waals surface area contributed by atoms with Crippen LogP contribution in [0.5, 0.6) is 5.75 Å². The summed E-state index contributed by atoms with van der Waals surface area (Å²) in [6.07, 6.45) is 0. The highest BCUT2D eigenvalue weighted by Crippen LogP contribution is 2.37. The molecular weight excluding hydrogens is 374 g/mol. The highest BCUT2D eigenvalue weighted by atomic mass is 16.5. The first-order valence-corrected chi connectivity index (χ1v) is 9.57. The van der Waals surface area contributed by atoms with Gasteiger partial charge >= 0.3 is 5.69 Å². The van der Waals surface area contributed by atoms with Gasteiger partial charge in [0, 0.05) is 27.2 Å². The molecule has 2 aromatic heterocycles. The lowest BCUT2D eigenvalue weighted by Gasteiger charge is -2.33. The minimum atomic E-state index is -0.396. The van der Waals surface area contributed by atoms with Crippen molar-refractivity contribution >= 4 is 22.8 Å².